The van der Waals surface area contributed by atoms with Crippen molar-refractivity contribution >= 4 is 39.2 Å². The number of H-pyrrole nitrogens is 1. The van der Waals surface area contributed by atoms with Crippen LogP contribution in [0.15, 0.2) is 60.8 Å². The number of carbonyl (C=O) groups excluding carboxylic acids is 2. The zero-order chi connectivity index (χ0) is 23.3. The van der Waals surface area contributed by atoms with Gasteiger partial charge in [-0.1, -0.05) is 70.0 Å². The molecule has 3 aromatic rings. The van der Waals surface area contributed by atoms with Crippen molar-refractivity contribution in [2.24, 2.45) is 0 Å². The molecule has 0 fully saturated rings. The molecule has 2 atom stereocenters. The van der Waals surface area contributed by atoms with Crippen molar-refractivity contribution in [1.82, 2.24) is 15.2 Å². The second kappa shape index (κ2) is 10.9. The quantitative estimate of drug-likeness (QED) is 0.287. The average molecular weight is 519 g/mol. The lowest BCUT2D eigenvalue weighted by atomic mass is 10.0. The number of Topliss-reactive ketones (excluding diaryl/α,β-unsaturated/α-hetero) is 1. The summed E-state index contributed by atoms with van der Waals surface area (Å²) in [4.78, 5) is 29.9. The molecule has 0 spiro atoms. The number of amides is 1. The van der Waals surface area contributed by atoms with Gasteiger partial charge in [0.05, 0.1) is 12.6 Å². The van der Waals surface area contributed by atoms with Crippen LogP contribution in [0, 0.1) is 0 Å². The van der Waals surface area contributed by atoms with Gasteiger partial charge in [0.2, 0.25) is 0 Å². The third-order valence-electron chi connectivity index (χ3n) is 4.99. The Morgan fingerprint density at radius 1 is 1.12 bits per heavy atom. The summed E-state index contributed by atoms with van der Waals surface area (Å²) in [6.07, 6.45) is 1.50. The Hall–Kier alpha value is -2.45. The molecule has 32 heavy (non-hydrogen) atoms. The summed E-state index contributed by atoms with van der Waals surface area (Å²) in [5.74, 6) is -0.604. The molecule has 8 heteroatoms. The topological polar surface area (TPSA) is 85.4 Å². The molecule has 0 saturated heterocycles. The Morgan fingerprint density at radius 3 is 2.47 bits per heavy atom. The molecule has 168 valence electrons. The van der Waals surface area contributed by atoms with Gasteiger partial charge in [-0.2, -0.15) is 0 Å². The number of carbonyl (C=O) groups is 2. The Morgan fingerprint density at radius 2 is 1.84 bits per heavy atom. The van der Waals surface area contributed by atoms with Gasteiger partial charge in [0.25, 0.3) is 5.91 Å². The van der Waals surface area contributed by atoms with Gasteiger partial charge >= 0.3 is 0 Å². The Bertz CT molecular complexity index is 1090. The lowest BCUT2D eigenvalue weighted by molar-refractivity contribution is 0.0911. The van der Waals surface area contributed by atoms with Crippen LogP contribution < -0.4 is 5.32 Å². The molecule has 1 amide bonds. The molecule has 3 rings (SSSR count). The highest BCUT2D eigenvalue weighted by Gasteiger charge is 2.23. The number of hydrogen-bond acceptors (Lipinski definition) is 4. The molecule has 2 unspecified atom stereocenters. The van der Waals surface area contributed by atoms with Crippen molar-refractivity contribution in [2.45, 2.75) is 17.4 Å². The molecule has 3 N–H and O–H groups in total. The SMILES string of the molecule is CN(C)Cc1ccc(C(Br)C(=O)c2c[nH]c(C(=O)NC(CO)c3ccccc3)c2)cc1Cl. The van der Waals surface area contributed by atoms with Crippen molar-refractivity contribution in [3.8, 4) is 0 Å². The number of aliphatic hydroxyl groups is 1. The minimum absolute atomic E-state index is 0.196. The van der Waals surface area contributed by atoms with Crippen LogP contribution in [-0.2, 0) is 6.54 Å². The van der Waals surface area contributed by atoms with Crippen LogP contribution in [0.1, 0.15) is 48.4 Å². The first-order chi connectivity index (χ1) is 15.3. The van der Waals surface area contributed by atoms with Crippen LogP contribution in [-0.4, -0.2) is 47.4 Å². The first kappa shape index (κ1) is 24.2. The number of nitrogens with one attached hydrogen (secondary N) is 2. The number of nitrogens with zero attached hydrogens (tertiary/aromatic N) is 1. The number of alkyl halides is 1. The van der Waals surface area contributed by atoms with Crippen molar-refractivity contribution < 1.29 is 14.7 Å². The molecule has 1 heterocycles. The number of halogens is 2. The van der Waals surface area contributed by atoms with Crippen LogP contribution in [0.4, 0.5) is 0 Å². The van der Waals surface area contributed by atoms with E-state index in [9.17, 15) is 14.7 Å². The van der Waals surface area contributed by atoms with E-state index in [4.69, 9.17) is 11.6 Å². The third kappa shape index (κ3) is 5.86. The predicted octanol–water partition coefficient (Wildman–Crippen LogP) is 4.51. The molecule has 2 aromatic carbocycles. The van der Waals surface area contributed by atoms with Crippen molar-refractivity contribution in [2.75, 3.05) is 20.7 Å². The lowest BCUT2D eigenvalue weighted by Crippen LogP contribution is -2.31. The van der Waals surface area contributed by atoms with Gasteiger partial charge in [-0.15, -0.1) is 0 Å². The molecular formula is C24H25BrClN3O3. The highest BCUT2D eigenvalue weighted by atomic mass is 79.9. The fourth-order valence-corrected chi connectivity index (χ4v) is 4.11. The molecule has 0 radical (unpaired) electrons. The number of benzene rings is 2. The van der Waals surface area contributed by atoms with E-state index in [1.165, 1.54) is 12.3 Å². The first-order valence-electron chi connectivity index (χ1n) is 10.1. The first-order valence-corrected chi connectivity index (χ1v) is 11.4. The van der Waals surface area contributed by atoms with Crippen molar-refractivity contribution in [1.29, 1.82) is 0 Å². The number of hydrogen-bond donors (Lipinski definition) is 3. The second-order valence-corrected chi connectivity index (χ2v) is 9.06. The van der Waals surface area contributed by atoms with Crippen LogP contribution in [0.25, 0.3) is 0 Å². The monoisotopic (exact) mass is 517 g/mol. The minimum Gasteiger partial charge on any atom is -0.394 e. The fraction of sp³-hybridized carbons (Fsp3) is 0.250. The molecule has 0 aliphatic carbocycles. The van der Waals surface area contributed by atoms with Crippen LogP contribution in [0.5, 0.6) is 0 Å². The van der Waals surface area contributed by atoms with Gasteiger partial charge in [-0.25, -0.2) is 0 Å². The number of rotatable bonds is 9. The smallest absolute Gasteiger partial charge is 0.268 e. The summed E-state index contributed by atoms with van der Waals surface area (Å²) >= 11 is 9.85. The highest BCUT2D eigenvalue weighted by Crippen LogP contribution is 2.31. The van der Waals surface area contributed by atoms with E-state index in [1.807, 2.05) is 61.5 Å². The van der Waals surface area contributed by atoms with Crippen molar-refractivity contribution in [3.63, 3.8) is 0 Å². The van der Waals surface area contributed by atoms with E-state index in [0.717, 1.165) is 16.7 Å². The summed E-state index contributed by atoms with van der Waals surface area (Å²) in [6, 6.07) is 15.7. The average Bonchev–Trinajstić information content (AvgIpc) is 3.28. The molecule has 0 saturated carbocycles. The molecule has 0 aliphatic heterocycles. The Balaban J connectivity index is 1.71. The maximum atomic E-state index is 13.0. The molecule has 6 nitrogen and oxygen atoms in total. The zero-order valence-corrected chi connectivity index (χ0v) is 20.2. The van der Waals surface area contributed by atoms with Crippen LogP contribution in [0.2, 0.25) is 5.02 Å². The summed E-state index contributed by atoms with van der Waals surface area (Å²) < 4.78 is 0. The van der Waals surface area contributed by atoms with Crippen LogP contribution in [0.3, 0.4) is 0 Å². The second-order valence-electron chi connectivity index (χ2n) is 7.74. The maximum absolute atomic E-state index is 13.0. The summed E-state index contributed by atoms with van der Waals surface area (Å²) in [5, 5.41) is 13.0. The Labute approximate surface area is 200 Å². The summed E-state index contributed by atoms with van der Waals surface area (Å²) in [6.45, 7) is 0.463. The van der Waals surface area contributed by atoms with Gasteiger partial charge in [0.15, 0.2) is 5.78 Å². The lowest BCUT2D eigenvalue weighted by Gasteiger charge is -2.16. The Kier molecular flexibility index (Phi) is 8.26. The van der Waals surface area contributed by atoms with Gasteiger partial charge in [-0.05, 0) is 42.9 Å². The predicted molar refractivity (Wildman–Crippen MR) is 129 cm³/mol. The molecule has 1 aromatic heterocycles. The van der Waals surface area contributed by atoms with Gasteiger partial charge < -0.3 is 20.3 Å². The number of aromatic amines is 1. The van der Waals surface area contributed by atoms with E-state index in [2.05, 4.69) is 26.2 Å². The van der Waals surface area contributed by atoms with Gasteiger partial charge in [0.1, 0.15) is 10.5 Å². The van der Waals surface area contributed by atoms with Crippen LogP contribution >= 0.6 is 27.5 Å². The molecular weight excluding hydrogens is 494 g/mol. The van der Waals surface area contributed by atoms with E-state index >= 15 is 0 Å². The van der Waals surface area contributed by atoms with E-state index in [0.29, 0.717) is 17.1 Å². The normalized spacial score (nSPS) is 13.1. The largest absolute Gasteiger partial charge is 0.394 e. The maximum Gasteiger partial charge on any atom is 0.268 e. The fourth-order valence-electron chi connectivity index (χ4n) is 3.31. The highest BCUT2D eigenvalue weighted by molar-refractivity contribution is 9.09. The molecule has 0 aliphatic rings. The minimum atomic E-state index is -0.602. The third-order valence-corrected chi connectivity index (χ3v) is 6.28. The number of ketones is 1. The van der Waals surface area contributed by atoms with Crippen molar-refractivity contribution in [3.05, 3.63) is 93.8 Å². The number of aromatic nitrogens is 1. The van der Waals surface area contributed by atoms with E-state index in [1.54, 1.807) is 6.07 Å². The zero-order valence-electron chi connectivity index (χ0n) is 17.8. The molecule has 0 bridgehead atoms. The standard InChI is InChI=1S/C24H25BrClN3O3/c1-29(2)13-17-9-8-16(10-19(17)26)22(25)23(31)18-11-20(27-12-18)24(32)28-21(14-30)15-6-4-3-5-7-15/h3-12,21-22,27,30H,13-14H2,1-2H3,(H,28,32). The summed E-state index contributed by atoms with van der Waals surface area (Å²) in [5.41, 5.74) is 3.11. The van der Waals surface area contributed by atoms with Gasteiger partial charge in [0, 0.05) is 23.3 Å². The van der Waals surface area contributed by atoms with Gasteiger partial charge in [-0.3, -0.25) is 9.59 Å². The van der Waals surface area contributed by atoms with E-state index in [-0.39, 0.29) is 18.1 Å². The summed E-state index contributed by atoms with van der Waals surface area (Å²) in [7, 11) is 3.92. The number of aliphatic hydroxyl groups excluding tert-OH is 1. The van der Waals surface area contributed by atoms with E-state index < -0.39 is 16.8 Å².